The molecule has 0 saturated carbocycles. The Bertz CT molecular complexity index is 1350. The molecule has 1 saturated heterocycles. The molecule has 1 N–H and O–H groups in total. The lowest BCUT2D eigenvalue weighted by molar-refractivity contribution is 0.102. The summed E-state index contributed by atoms with van der Waals surface area (Å²) < 4.78 is 37.0. The molecule has 0 radical (unpaired) electrons. The highest BCUT2D eigenvalue weighted by molar-refractivity contribution is 7.91. The zero-order chi connectivity index (χ0) is 23.2. The Morgan fingerprint density at radius 2 is 1.82 bits per heavy atom. The van der Waals surface area contributed by atoms with Gasteiger partial charge in [0.25, 0.3) is 5.91 Å². The van der Waals surface area contributed by atoms with Crippen LogP contribution in [0.5, 0.6) is 11.5 Å². The molecule has 0 aliphatic carbocycles. The van der Waals surface area contributed by atoms with Crippen molar-refractivity contribution in [3.05, 3.63) is 59.3 Å². The molecule has 0 bridgehead atoms. The van der Waals surface area contributed by atoms with Crippen molar-refractivity contribution in [3.8, 4) is 22.8 Å². The van der Waals surface area contributed by atoms with Gasteiger partial charge < -0.3 is 14.8 Å². The summed E-state index contributed by atoms with van der Waals surface area (Å²) in [5.74, 6) is 0.995. The smallest absolute Gasteiger partial charge is 0.276 e. The fourth-order valence-electron chi connectivity index (χ4n) is 4.18. The van der Waals surface area contributed by atoms with Gasteiger partial charge in [0.2, 0.25) is 0 Å². The van der Waals surface area contributed by atoms with E-state index in [2.05, 4.69) is 10.4 Å². The van der Waals surface area contributed by atoms with Crippen molar-refractivity contribution in [1.82, 2.24) is 9.78 Å². The second-order valence-electron chi connectivity index (χ2n) is 8.53. The summed E-state index contributed by atoms with van der Waals surface area (Å²) in [6.07, 6.45) is 0.477. The van der Waals surface area contributed by atoms with Gasteiger partial charge in [-0.15, -0.1) is 0 Å². The lowest BCUT2D eigenvalue weighted by Gasteiger charge is -2.18. The number of aryl methyl sites for hydroxylation is 2. The van der Waals surface area contributed by atoms with Crippen LogP contribution in [-0.4, -0.2) is 48.8 Å². The Morgan fingerprint density at radius 3 is 2.55 bits per heavy atom. The Balaban J connectivity index is 1.48. The number of amides is 1. The van der Waals surface area contributed by atoms with Crippen LogP contribution in [0.25, 0.3) is 11.3 Å². The number of hydrogen-bond acceptors (Lipinski definition) is 6. The highest BCUT2D eigenvalue weighted by Crippen LogP contribution is 2.34. The standard InChI is InChI=1S/C24H25N3O5S/c1-15-3-4-17(11-16(15)2)21-13-20(26-27(21)19-7-10-33(29,30)14-19)24(28)25-18-5-6-22-23(12-18)32-9-8-31-22/h3-6,11-13,19H,7-10,14H2,1-2H3,(H,25,28). The second-order valence-corrected chi connectivity index (χ2v) is 10.8. The molecule has 8 nitrogen and oxygen atoms in total. The zero-order valence-corrected chi connectivity index (χ0v) is 19.3. The average molecular weight is 468 g/mol. The molecule has 1 unspecified atom stereocenters. The van der Waals surface area contributed by atoms with Crippen LogP contribution in [0.15, 0.2) is 42.5 Å². The summed E-state index contributed by atoms with van der Waals surface area (Å²) in [6.45, 7) is 5.01. The molecular formula is C24H25N3O5S. The normalized spacial score (nSPS) is 18.8. The molecule has 3 heterocycles. The van der Waals surface area contributed by atoms with Crippen LogP contribution >= 0.6 is 0 Å². The molecule has 2 aliphatic rings. The number of nitrogens with zero attached hydrogens (tertiary/aromatic N) is 2. The fraction of sp³-hybridized carbons (Fsp3) is 0.333. The van der Waals surface area contributed by atoms with E-state index in [4.69, 9.17) is 9.47 Å². The molecule has 1 aromatic heterocycles. The van der Waals surface area contributed by atoms with E-state index in [1.165, 1.54) is 0 Å². The third-order valence-corrected chi connectivity index (χ3v) is 7.88. The minimum Gasteiger partial charge on any atom is -0.486 e. The summed E-state index contributed by atoms with van der Waals surface area (Å²) in [7, 11) is -3.11. The molecule has 9 heteroatoms. The van der Waals surface area contributed by atoms with Gasteiger partial charge in [0, 0.05) is 17.3 Å². The molecule has 1 fully saturated rings. The molecule has 2 aliphatic heterocycles. The van der Waals surface area contributed by atoms with Gasteiger partial charge >= 0.3 is 0 Å². The van der Waals surface area contributed by atoms with Gasteiger partial charge in [-0.2, -0.15) is 5.10 Å². The Morgan fingerprint density at radius 1 is 1.03 bits per heavy atom. The first kappa shape index (κ1) is 21.5. The van der Waals surface area contributed by atoms with E-state index < -0.39 is 9.84 Å². The second kappa shape index (κ2) is 8.22. The average Bonchev–Trinajstić information content (AvgIpc) is 3.39. The van der Waals surface area contributed by atoms with Crippen molar-refractivity contribution in [1.29, 1.82) is 0 Å². The number of anilines is 1. The molecule has 2 aromatic carbocycles. The van der Waals surface area contributed by atoms with Gasteiger partial charge in [0.1, 0.15) is 13.2 Å². The van der Waals surface area contributed by atoms with E-state index in [0.717, 1.165) is 22.4 Å². The van der Waals surface area contributed by atoms with E-state index in [1.807, 2.05) is 32.0 Å². The maximum absolute atomic E-state index is 13.1. The minimum absolute atomic E-state index is 0.0236. The molecule has 172 valence electrons. The predicted octanol–water partition coefficient (Wildman–Crippen LogP) is 3.55. The number of rotatable bonds is 4. The molecule has 3 aromatic rings. The Kier molecular flexibility index (Phi) is 5.36. The number of carbonyl (C=O) groups excluding carboxylic acids is 1. The van der Waals surface area contributed by atoms with Crippen molar-refractivity contribution in [2.75, 3.05) is 30.0 Å². The van der Waals surface area contributed by atoms with Gasteiger partial charge in [0.15, 0.2) is 27.0 Å². The zero-order valence-electron chi connectivity index (χ0n) is 18.5. The van der Waals surface area contributed by atoms with E-state index in [9.17, 15) is 13.2 Å². The third-order valence-electron chi connectivity index (χ3n) is 6.13. The van der Waals surface area contributed by atoms with Crippen molar-refractivity contribution in [2.45, 2.75) is 26.3 Å². The van der Waals surface area contributed by atoms with Gasteiger partial charge in [-0.05, 0) is 55.7 Å². The van der Waals surface area contributed by atoms with Crippen LogP contribution < -0.4 is 14.8 Å². The Labute approximate surface area is 192 Å². The molecule has 0 spiro atoms. The van der Waals surface area contributed by atoms with Gasteiger partial charge in [-0.1, -0.05) is 12.1 Å². The summed E-state index contributed by atoms with van der Waals surface area (Å²) in [5, 5.41) is 7.41. The van der Waals surface area contributed by atoms with Crippen LogP contribution in [0.2, 0.25) is 0 Å². The first-order chi connectivity index (χ1) is 15.8. The van der Waals surface area contributed by atoms with E-state index >= 15 is 0 Å². The maximum Gasteiger partial charge on any atom is 0.276 e. The number of ether oxygens (including phenoxy) is 2. The maximum atomic E-state index is 13.1. The largest absolute Gasteiger partial charge is 0.486 e. The van der Waals surface area contributed by atoms with Crippen molar-refractivity contribution >= 4 is 21.4 Å². The summed E-state index contributed by atoms with van der Waals surface area (Å²) in [5.41, 5.74) is 4.68. The predicted molar refractivity (Wildman–Crippen MR) is 125 cm³/mol. The van der Waals surface area contributed by atoms with E-state index in [0.29, 0.717) is 36.8 Å². The van der Waals surface area contributed by atoms with Crippen molar-refractivity contribution in [2.24, 2.45) is 0 Å². The molecule has 1 atom stereocenters. The number of nitrogens with one attached hydrogen (secondary N) is 1. The summed E-state index contributed by atoms with van der Waals surface area (Å²) in [4.78, 5) is 13.1. The summed E-state index contributed by atoms with van der Waals surface area (Å²) in [6, 6.07) is 12.7. The fourth-order valence-corrected chi connectivity index (χ4v) is 5.88. The van der Waals surface area contributed by atoms with Gasteiger partial charge in [-0.3, -0.25) is 9.48 Å². The van der Waals surface area contributed by atoms with Crippen molar-refractivity contribution < 1.29 is 22.7 Å². The lowest BCUT2D eigenvalue weighted by Crippen LogP contribution is -2.17. The van der Waals surface area contributed by atoms with Gasteiger partial charge in [0.05, 0.1) is 23.2 Å². The topological polar surface area (TPSA) is 99.5 Å². The van der Waals surface area contributed by atoms with Crippen LogP contribution in [0.1, 0.15) is 34.1 Å². The first-order valence-corrected chi connectivity index (χ1v) is 12.7. The van der Waals surface area contributed by atoms with Crippen LogP contribution in [0.3, 0.4) is 0 Å². The van der Waals surface area contributed by atoms with Crippen molar-refractivity contribution in [3.63, 3.8) is 0 Å². The number of benzene rings is 2. The summed E-state index contributed by atoms with van der Waals surface area (Å²) >= 11 is 0. The van der Waals surface area contributed by atoms with Gasteiger partial charge in [-0.25, -0.2) is 8.42 Å². The van der Waals surface area contributed by atoms with Crippen LogP contribution in [0, 0.1) is 13.8 Å². The third kappa shape index (κ3) is 4.32. The van der Waals surface area contributed by atoms with Crippen LogP contribution in [0.4, 0.5) is 5.69 Å². The highest BCUT2D eigenvalue weighted by Gasteiger charge is 2.32. The monoisotopic (exact) mass is 467 g/mol. The molecular weight excluding hydrogens is 442 g/mol. The number of aromatic nitrogens is 2. The molecule has 33 heavy (non-hydrogen) atoms. The van der Waals surface area contributed by atoms with E-state index in [1.54, 1.807) is 28.9 Å². The minimum atomic E-state index is -3.11. The SMILES string of the molecule is Cc1ccc(-c2cc(C(=O)Nc3ccc4c(c3)OCCO4)nn2C2CCS(=O)(=O)C2)cc1C. The number of fused-ring (bicyclic) bond motifs is 1. The number of sulfone groups is 1. The first-order valence-electron chi connectivity index (χ1n) is 10.9. The number of hydrogen-bond donors (Lipinski definition) is 1. The molecule has 5 rings (SSSR count). The number of carbonyl (C=O) groups is 1. The Hall–Kier alpha value is -3.33. The highest BCUT2D eigenvalue weighted by atomic mass is 32.2. The lowest BCUT2D eigenvalue weighted by atomic mass is 10.0. The van der Waals surface area contributed by atoms with Crippen LogP contribution in [-0.2, 0) is 9.84 Å². The molecule has 1 amide bonds. The van der Waals surface area contributed by atoms with E-state index in [-0.39, 0.29) is 29.1 Å². The quantitative estimate of drug-likeness (QED) is 0.630.